The Labute approximate surface area is 189 Å². The fourth-order valence-electron chi connectivity index (χ4n) is 4.73. The summed E-state index contributed by atoms with van der Waals surface area (Å²) in [6.07, 6.45) is 2.12. The molecule has 2 aromatic carbocycles. The molecular formula is C26H30N2O4. The number of rotatable bonds is 5. The Morgan fingerprint density at radius 1 is 0.969 bits per heavy atom. The highest BCUT2D eigenvalue weighted by Gasteiger charge is 2.44. The van der Waals surface area contributed by atoms with E-state index in [0.717, 1.165) is 42.6 Å². The molecule has 1 unspecified atom stereocenters. The normalized spacial score (nSPS) is 19.1. The summed E-state index contributed by atoms with van der Waals surface area (Å²) in [5.41, 5.74) is 4.28. The number of likely N-dealkylation sites (tertiary alicyclic amines) is 1. The van der Waals surface area contributed by atoms with E-state index in [0.29, 0.717) is 34.4 Å². The van der Waals surface area contributed by atoms with E-state index in [1.807, 2.05) is 32.0 Å². The molecule has 32 heavy (non-hydrogen) atoms. The number of benzene rings is 2. The summed E-state index contributed by atoms with van der Waals surface area (Å²) in [5, 5.41) is 0. The lowest BCUT2D eigenvalue weighted by atomic mass is 9.95. The molecule has 2 aliphatic heterocycles. The van der Waals surface area contributed by atoms with Crippen LogP contribution in [0.4, 0.5) is 5.69 Å². The Morgan fingerprint density at radius 3 is 2.41 bits per heavy atom. The zero-order chi connectivity index (χ0) is 23.0. The van der Waals surface area contributed by atoms with Gasteiger partial charge in [-0.3, -0.25) is 9.59 Å². The number of piperidine rings is 1. The zero-order valence-corrected chi connectivity index (χ0v) is 19.4. The van der Waals surface area contributed by atoms with E-state index in [1.165, 1.54) is 12.0 Å². The van der Waals surface area contributed by atoms with Crippen LogP contribution in [-0.4, -0.2) is 44.0 Å². The van der Waals surface area contributed by atoms with E-state index in [2.05, 4.69) is 11.8 Å². The minimum absolute atomic E-state index is 0.303. The maximum atomic E-state index is 13.8. The second-order valence-electron chi connectivity index (χ2n) is 8.72. The molecule has 0 spiro atoms. The lowest BCUT2D eigenvalue weighted by molar-refractivity contribution is -0.120. The summed E-state index contributed by atoms with van der Waals surface area (Å²) in [4.78, 5) is 31.0. The van der Waals surface area contributed by atoms with E-state index < -0.39 is 0 Å². The van der Waals surface area contributed by atoms with Gasteiger partial charge in [0.1, 0.15) is 17.2 Å². The van der Waals surface area contributed by atoms with Crippen LogP contribution in [0.3, 0.4) is 0 Å². The fraction of sp³-hybridized carbons (Fsp3) is 0.385. The summed E-state index contributed by atoms with van der Waals surface area (Å²) in [6, 6.07) is 11.1. The molecule has 1 fully saturated rings. The topological polar surface area (TPSA) is 59.1 Å². The van der Waals surface area contributed by atoms with Crippen LogP contribution in [0.2, 0.25) is 0 Å². The summed E-state index contributed by atoms with van der Waals surface area (Å²) >= 11 is 0. The lowest BCUT2D eigenvalue weighted by Crippen LogP contribution is -2.39. The smallest absolute Gasteiger partial charge is 0.282 e. The molecule has 2 amide bonds. The standard InChI is InChI=1S/C26H30N2O4/c1-16-8-10-20(18(3)13-16)23-24(27-12-6-7-17(2)15-27)26(30)28(25(23)29)21-11-9-19(31-4)14-22(21)32-5/h8-11,13-14,17H,6-7,12,15H2,1-5H3. The molecule has 0 N–H and O–H groups in total. The maximum absolute atomic E-state index is 13.8. The number of carbonyl (C=O) groups is 2. The van der Waals surface area contributed by atoms with E-state index in [-0.39, 0.29) is 11.8 Å². The minimum atomic E-state index is -0.321. The molecule has 2 heterocycles. The van der Waals surface area contributed by atoms with Crippen LogP contribution < -0.4 is 14.4 Å². The number of carbonyl (C=O) groups excluding carboxylic acids is 2. The number of hydrogen-bond acceptors (Lipinski definition) is 5. The number of aryl methyl sites for hydroxylation is 2. The van der Waals surface area contributed by atoms with Crippen LogP contribution in [0.25, 0.3) is 5.57 Å². The van der Waals surface area contributed by atoms with Crippen LogP contribution in [-0.2, 0) is 9.59 Å². The first kappa shape index (κ1) is 21.9. The highest BCUT2D eigenvalue weighted by Crippen LogP contribution is 2.41. The number of anilines is 1. The van der Waals surface area contributed by atoms with Crippen LogP contribution in [0.1, 0.15) is 36.5 Å². The number of amides is 2. The lowest BCUT2D eigenvalue weighted by Gasteiger charge is -2.33. The molecule has 0 aromatic heterocycles. The molecule has 168 valence electrons. The Hall–Kier alpha value is -3.28. The first-order valence-corrected chi connectivity index (χ1v) is 11.0. The molecular weight excluding hydrogens is 404 g/mol. The minimum Gasteiger partial charge on any atom is -0.497 e. The molecule has 0 bridgehead atoms. The number of hydrogen-bond donors (Lipinski definition) is 0. The second-order valence-corrected chi connectivity index (χ2v) is 8.72. The van der Waals surface area contributed by atoms with Crippen LogP contribution in [0, 0.1) is 19.8 Å². The van der Waals surface area contributed by atoms with E-state index in [4.69, 9.17) is 9.47 Å². The molecule has 0 aliphatic carbocycles. The van der Waals surface area contributed by atoms with Gasteiger partial charge < -0.3 is 14.4 Å². The van der Waals surface area contributed by atoms with Crippen molar-refractivity contribution in [2.75, 3.05) is 32.2 Å². The Bertz CT molecular complexity index is 1110. The van der Waals surface area contributed by atoms with Crippen molar-refractivity contribution >= 4 is 23.1 Å². The monoisotopic (exact) mass is 434 g/mol. The van der Waals surface area contributed by atoms with Crippen LogP contribution in [0.15, 0.2) is 42.1 Å². The third-order valence-electron chi connectivity index (χ3n) is 6.31. The SMILES string of the molecule is COc1ccc(N2C(=O)C(c3ccc(C)cc3C)=C(N3CCCC(C)C3)C2=O)c(OC)c1. The second kappa shape index (κ2) is 8.69. The molecule has 2 aliphatic rings. The van der Waals surface area contributed by atoms with Crippen molar-refractivity contribution in [2.45, 2.75) is 33.6 Å². The molecule has 6 heteroatoms. The summed E-state index contributed by atoms with van der Waals surface area (Å²) < 4.78 is 10.8. The van der Waals surface area contributed by atoms with Gasteiger partial charge in [0.25, 0.3) is 11.8 Å². The van der Waals surface area contributed by atoms with Gasteiger partial charge in [-0.15, -0.1) is 0 Å². The summed E-state index contributed by atoms with van der Waals surface area (Å²) in [5.74, 6) is 0.849. The average Bonchev–Trinajstić information content (AvgIpc) is 3.03. The van der Waals surface area contributed by atoms with Gasteiger partial charge >= 0.3 is 0 Å². The maximum Gasteiger partial charge on any atom is 0.282 e. The summed E-state index contributed by atoms with van der Waals surface area (Å²) in [6.45, 7) is 7.72. The Balaban J connectivity index is 1.87. The van der Waals surface area contributed by atoms with E-state index in [1.54, 1.807) is 25.3 Å². The highest BCUT2D eigenvalue weighted by atomic mass is 16.5. The van der Waals surface area contributed by atoms with Crippen molar-refractivity contribution in [3.8, 4) is 11.5 Å². The van der Waals surface area contributed by atoms with E-state index >= 15 is 0 Å². The molecule has 0 radical (unpaired) electrons. The number of methoxy groups -OCH3 is 2. The van der Waals surface area contributed by atoms with Crippen molar-refractivity contribution in [3.63, 3.8) is 0 Å². The third-order valence-corrected chi connectivity index (χ3v) is 6.31. The van der Waals surface area contributed by atoms with E-state index in [9.17, 15) is 9.59 Å². The van der Waals surface area contributed by atoms with Crippen molar-refractivity contribution < 1.29 is 19.1 Å². The molecule has 4 rings (SSSR count). The zero-order valence-electron chi connectivity index (χ0n) is 19.4. The van der Waals surface area contributed by atoms with Crippen LogP contribution >= 0.6 is 0 Å². The highest BCUT2D eigenvalue weighted by molar-refractivity contribution is 6.45. The van der Waals surface area contributed by atoms with Crippen LogP contribution in [0.5, 0.6) is 11.5 Å². The van der Waals surface area contributed by atoms with Crippen molar-refractivity contribution in [1.82, 2.24) is 4.90 Å². The van der Waals surface area contributed by atoms with Gasteiger partial charge in [-0.1, -0.05) is 30.7 Å². The van der Waals surface area contributed by atoms with Gasteiger partial charge in [-0.25, -0.2) is 4.90 Å². The first-order valence-electron chi connectivity index (χ1n) is 11.0. The molecule has 2 aromatic rings. The Morgan fingerprint density at radius 2 is 1.75 bits per heavy atom. The van der Waals surface area contributed by atoms with Crippen molar-refractivity contribution in [3.05, 3.63) is 58.8 Å². The van der Waals surface area contributed by atoms with Gasteiger partial charge in [0.2, 0.25) is 0 Å². The predicted molar refractivity (Wildman–Crippen MR) is 125 cm³/mol. The van der Waals surface area contributed by atoms with Gasteiger partial charge in [-0.2, -0.15) is 0 Å². The third kappa shape index (κ3) is 3.74. The number of ether oxygens (including phenoxy) is 2. The van der Waals surface area contributed by atoms with Crippen molar-refractivity contribution in [1.29, 1.82) is 0 Å². The molecule has 6 nitrogen and oxygen atoms in total. The summed E-state index contributed by atoms with van der Waals surface area (Å²) in [7, 11) is 3.09. The molecule has 1 atom stereocenters. The molecule has 1 saturated heterocycles. The number of nitrogens with zero attached hydrogens (tertiary/aromatic N) is 2. The quantitative estimate of drug-likeness (QED) is 0.656. The molecule has 0 saturated carbocycles. The fourth-order valence-corrected chi connectivity index (χ4v) is 4.73. The van der Waals surface area contributed by atoms with Gasteiger partial charge in [-0.05, 0) is 55.9 Å². The largest absolute Gasteiger partial charge is 0.497 e. The first-order chi connectivity index (χ1) is 15.3. The number of imide groups is 1. The predicted octanol–water partition coefficient (Wildman–Crippen LogP) is 4.34. The Kier molecular flexibility index (Phi) is 5.96. The van der Waals surface area contributed by atoms with Gasteiger partial charge in [0, 0.05) is 19.2 Å². The van der Waals surface area contributed by atoms with Crippen molar-refractivity contribution in [2.24, 2.45) is 5.92 Å². The average molecular weight is 435 g/mol. The van der Waals surface area contributed by atoms with Gasteiger partial charge in [0.15, 0.2) is 0 Å². The van der Waals surface area contributed by atoms with Gasteiger partial charge in [0.05, 0.1) is 25.5 Å².